The molecule has 3 heteroatoms. The van der Waals surface area contributed by atoms with Gasteiger partial charge in [-0.2, -0.15) is 10.2 Å². The summed E-state index contributed by atoms with van der Waals surface area (Å²) in [5, 5.41) is 7.92. The van der Waals surface area contributed by atoms with Crippen LogP contribution in [-0.4, -0.2) is 15.8 Å². The standard InChI is InChI=1S/C14H16N2O/c1-14(2,3)17-12-8-6-11(7-9-12)13-5-4-10-15-16-13/h4-10H,1-3H3. The van der Waals surface area contributed by atoms with Crippen LogP contribution in [0.4, 0.5) is 0 Å². The first-order valence-corrected chi connectivity index (χ1v) is 5.62. The van der Waals surface area contributed by atoms with Crippen molar-refractivity contribution >= 4 is 0 Å². The van der Waals surface area contributed by atoms with Gasteiger partial charge in [0.15, 0.2) is 0 Å². The fourth-order valence-corrected chi connectivity index (χ4v) is 1.50. The van der Waals surface area contributed by atoms with Gasteiger partial charge in [0.25, 0.3) is 0 Å². The van der Waals surface area contributed by atoms with Crippen molar-refractivity contribution < 1.29 is 4.74 Å². The molecule has 0 fully saturated rings. The number of rotatable bonds is 2. The van der Waals surface area contributed by atoms with Crippen LogP contribution in [0.5, 0.6) is 5.75 Å². The Kier molecular flexibility index (Phi) is 3.09. The Balaban J connectivity index is 2.19. The highest BCUT2D eigenvalue weighted by Crippen LogP contribution is 2.22. The van der Waals surface area contributed by atoms with E-state index in [4.69, 9.17) is 4.74 Å². The second-order valence-corrected chi connectivity index (χ2v) is 4.85. The lowest BCUT2D eigenvalue weighted by molar-refractivity contribution is 0.131. The Morgan fingerprint density at radius 2 is 1.71 bits per heavy atom. The maximum absolute atomic E-state index is 5.76. The monoisotopic (exact) mass is 228 g/mol. The van der Waals surface area contributed by atoms with Gasteiger partial charge in [-0.15, -0.1) is 0 Å². The summed E-state index contributed by atoms with van der Waals surface area (Å²) in [5.74, 6) is 0.866. The summed E-state index contributed by atoms with van der Waals surface area (Å²) in [6.07, 6.45) is 1.67. The molecular formula is C14H16N2O. The molecule has 0 N–H and O–H groups in total. The minimum absolute atomic E-state index is 0.173. The van der Waals surface area contributed by atoms with Crippen LogP contribution in [0.2, 0.25) is 0 Å². The molecule has 1 aromatic carbocycles. The minimum Gasteiger partial charge on any atom is -0.488 e. The molecule has 0 saturated heterocycles. The van der Waals surface area contributed by atoms with E-state index in [0.717, 1.165) is 17.0 Å². The van der Waals surface area contributed by atoms with E-state index in [1.807, 2.05) is 57.2 Å². The van der Waals surface area contributed by atoms with Gasteiger partial charge >= 0.3 is 0 Å². The zero-order chi connectivity index (χ0) is 12.3. The van der Waals surface area contributed by atoms with Gasteiger partial charge in [-0.3, -0.25) is 0 Å². The molecule has 0 radical (unpaired) electrons. The van der Waals surface area contributed by atoms with Gasteiger partial charge in [0.1, 0.15) is 11.4 Å². The van der Waals surface area contributed by atoms with Crippen LogP contribution in [0.25, 0.3) is 11.3 Å². The van der Waals surface area contributed by atoms with Gasteiger partial charge in [-0.05, 0) is 57.2 Å². The summed E-state index contributed by atoms with van der Waals surface area (Å²) in [5.41, 5.74) is 1.74. The van der Waals surface area contributed by atoms with Gasteiger partial charge in [0, 0.05) is 11.8 Å². The molecular weight excluding hydrogens is 212 g/mol. The summed E-state index contributed by atoms with van der Waals surface area (Å²) in [7, 11) is 0. The molecule has 1 aromatic heterocycles. The zero-order valence-corrected chi connectivity index (χ0v) is 10.3. The van der Waals surface area contributed by atoms with E-state index in [2.05, 4.69) is 10.2 Å². The molecule has 0 aliphatic heterocycles. The zero-order valence-electron chi connectivity index (χ0n) is 10.3. The number of hydrogen-bond donors (Lipinski definition) is 0. The van der Waals surface area contributed by atoms with Gasteiger partial charge < -0.3 is 4.74 Å². The maximum atomic E-state index is 5.76. The van der Waals surface area contributed by atoms with Gasteiger partial charge in [0.05, 0.1) is 5.69 Å². The minimum atomic E-state index is -0.173. The average Bonchev–Trinajstić information content (AvgIpc) is 2.29. The Labute approximate surface area is 101 Å². The van der Waals surface area contributed by atoms with Crippen molar-refractivity contribution in [1.82, 2.24) is 10.2 Å². The van der Waals surface area contributed by atoms with Crippen molar-refractivity contribution in [2.24, 2.45) is 0 Å². The number of aromatic nitrogens is 2. The SMILES string of the molecule is CC(C)(C)Oc1ccc(-c2cccnn2)cc1. The predicted molar refractivity (Wildman–Crippen MR) is 67.8 cm³/mol. The Morgan fingerprint density at radius 1 is 1.00 bits per heavy atom. The van der Waals surface area contributed by atoms with Gasteiger partial charge in [0.2, 0.25) is 0 Å². The Morgan fingerprint density at radius 3 is 2.24 bits per heavy atom. The molecule has 17 heavy (non-hydrogen) atoms. The van der Waals surface area contributed by atoms with Gasteiger partial charge in [-0.25, -0.2) is 0 Å². The van der Waals surface area contributed by atoms with E-state index < -0.39 is 0 Å². The molecule has 0 amide bonds. The van der Waals surface area contributed by atoms with Crippen LogP contribution < -0.4 is 4.74 Å². The smallest absolute Gasteiger partial charge is 0.120 e. The number of ether oxygens (including phenoxy) is 1. The molecule has 0 atom stereocenters. The molecule has 2 aromatic rings. The topological polar surface area (TPSA) is 35.0 Å². The highest BCUT2D eigenvalue weighted by atomic mass is 16.5. The van der Waals surface area contributed by atoms with Crippen LogP contribution in [0.3, 0.4) is 0 Å². The summed E-state index contributed by atoms with van der Waals surface area (Å²) in [6.45, 7) is 6.09. The summed E-state index contributed by atoms with van der Waals surface area (Å²) >= 11 is 0. The van der Waals surface area contributed by atoms with E-state index in [0.29, 0.717) is 0 Å². The van der Waals surface area contributed by atoms with Crippen molar-refractivity contribution in [3.05, 3.63) is 42.6 Å². The van der Waals surface area contributed by atoms with E-state index in [1.54, 1.807) is 6.20 Å². The van der Waals surface area contributed by atoms with E-state index in [1.165, 1.54) is 0 Å². The van der Waals surface area contributed by atoms with Crippen molar-refractivity contribution in [2.75, 3.05) is 0 Å². The Bertz CT molecular complexity index is 472. The largest absolute Gasteiger partial charge is 0.488 e. The molecule has 0 aliphatic rings. The molecule has 0 spiro atoms. The van der Waals surface area contributed by atoms with Crippen LogP contribution in [-0.2, 0) is 0 Å². The molecule has 0 saturated carbocycles. The Hall–Kier alpha value is -1.90. The first-order valence-electron chi connectivity index (χ1n) is 5.62. The first-order chi connectivity index (χ1) is 8.04. The second-order valence-electron chi connectivity index (χ2n) is 4.85. The quantitative estimate of drug-likeness (QED) is 0.790. The van der Waals surface area contributed by atoms with E-state index >= 15 is 0 Å². The van der Waals surface area contributed by atoms with Crippen molar-refractivity contribution in [2.45, 2.75) is 26.4 Å². The molecule has 3 nitrogen and oxygen atoms in total. The number of nitrogens with zero attached hydrogens (tertiary/aromatic N) is 2. The van der Waals surface area contributed by atoms with Crippen LogP contribution in [0.1, 0.15) is 20.8 Å². The lowest BCUT2D eigenvalue weighted by atomic mass is 10.1. The third-order valence-corrected chi connectivity index (χ3v) is 2.15. The third kappa shape index (κ3) is 3.28. The highest BCUT2D eigenvalue weighted by Gasteiger charge is 2.11. The van der Waals surface area contributed by atoms with Gasteiger partial charge in [-0.1, -0.05) is 0 Å². The predicted octanol–water partition coefficient (Wildman–Crippen LogP) is 3.32. The molecule has 2 rings (SSSR count). The third-order valence-electron chi connectivity index (χ3n) is 2.15. The molecule has 0 aliphatic carbocycles. The van der Waals surface area contributed by atoms with Crippen molar-refractivity contribution in [3.63, 3.8) is 0 Å². The molecule has 0 unspecified atom stereocenters. The normalized spacial score (nSPS) is 11.2. The summed E-state index contributed by atoms with van der Waals surface area (Å²) in [4.78, 5) is 0. The molecule has 88 valence electrons. The first kappa shape index (κ1) is 11.6. The van der Waals surface area contributed by atoms with Crippen LogP contribution >= 0.6 is 0 Å². The fourth-order valence-electron chi connectivity index (χ4n) is 1.50. The summed E-state index contributed by atoms with van der Waals surface area (Å²) in [6, 6.07) is 11.7. The number of benzene rings is 1. The highest BCUT2D eigenvalue weighted by molar-refractivity contribution is 5.59. The second kappa shape index (κ2) is 4.53. The van der Waals surface area contributed by atoms with E-state index in [-0.39, 0.29) is 5.60 Å². The van der Waals surface area contributed by atoms with E-state index in [9.17, 15) is 0 Å². The molecule has 1 heterocycles. The lowest BCUT2D eigenvalue weighted by Gasteiger charge is -2.21. The summed E-state index contributed by atoms with van der Waals surface area (Å²) < 4.78 is 5.76. The van der Waals surface area contributed by atoms with Crippen molar-refractivity contribution in [1.29, 1.82) is 0 Å². The average molecular weight is 228 g/mol. The van der Waals surface area contributed by atoms with Crippen LogP contribution in [0, 0.1) is 0 Å². The van der Waals surface area contributed by atoms with Crippen molar-refractivity contribution in [3.8, 4) is 17.0 Å². The lowest BCUT2D eigenvalue weighted by Crippen LogP contribution is -2.22. The number of hydrogen-bond acceptors (Lipinski definition) is 3. The maximum Gasteiger partial charge on any atom is 0.120 e. The molecule has 0 bridgehead atoms. The fraction of sp³-hybridized carbons (Fsp3) is 0.286. The van der Waals surface area contributed by atoms with Crippen LogP contribution in [0.15, 0.2) is 42.6 Å².